The van der Waals surface area contributed by atoms with E-state index in [2.05, 4.69) is 19.1 Å². The minimum atomic E-state index is 0.797. The Balaban J connectivity index is 2.13. The Kier molecular flexibility index (Phi) is 6.39. The molecule has 0 unspecified atom stereocenters. The lowest BCUT2D eigenvalue weighted by molar-refractivity contribution is 0.800. The first-order valence-corrected chi connectivity index (χ1v) is 8.66. The van der Waals surface area contributed by atoms with Crippen molar-refractivity contribution in [1.29, 1.82) is 0 Å². The molecule has 1 aromatic carbocycles. The topological polar surface area (TPSA) is 0 Å². The number of hydrogen-bond acceptors (Lipinski definition) is 0. The predicted molar refractivity (Wildman–Crippen MR) is 94.4 cm³/mol. The molecular weight excluding hydrogens is 299 g/mol. The van der Waals surface area contributed by atoms with Crippen molar-refractivity contribution in [2.75, 3.05) is 0 Å². The van der Waals surface area contributed by atoms with E-state index in [0.29, 0.717) is 0 Å². The van der Waals surface area contributed by atoms with Crippen molar-refractivity contribution >= 4 is 23.2 Å². The van der Waals surface area contributed by atoms with Crippen LogP contribution in [-0.2, 0) is 6.42 Å². The molecule has 0 N–H and O–H groups in total. The van der Waals surface area contributed by atoms with E-state index in [4.69, 9.17) is 23.2 Å². The summed E-state index contributed by atoms with van der Waals surface area (Å²) in [4.78, 5) is 0. The van der Waals surface area contributed by atoms with Gasteiger partial charge in [0.05, 0.1) is 0 Å². The van der Waals surface area contributed by atoms with Gasteiger partial charge in [0.15, 0.2) is 0 Å². The quantitative estimate of drug-likeness (QED) is 0.522. The highest BCUT2D eigenvalue weighted by molar-refractivity contribution is 6.36. The lowest BCUT2D eigenvalue weighted by Gasteiger charge is -2.11. The minimum absolute atomic E-state index is 0.797. The normalized spacial score (nSPS) is 16.6. The van der Waals surface area contributed by atoms with Crippen molar-refractivity contribution in [1.82, 2.24) is 0 Å². The minimum Gasteiger partial charge on any atom is -0.0850 e. The van der Waals surface area contributed by atoms with E-state index in [0.717, 1.165) is 46.9 Å². The monoisotopic (exact) mass is 322 g/mol. The summed E-state index contributed by atoms with van der Waals surface area (Å²) in [6, 6.07) is 4.02. The second-order valence-corrected chi connectivity index (χ2v) is 6.71. The average molecular weight is 323 g/mol. The highest BCUT2D eigenvalue weighted by Crippen LogP contribution is 2.30. The van der Waals surface area contributed by atoms with Crippen LogP contribution < -0.4 is 0 Å². The summed E-state index contributed by atoms with van der Waals surface area (Å²) in [6.07, 6.45) is 12.8. The van der Waals surface area contributed by atoms with Crippen molar-refractivity contribution in [2.45, 2.75) is 58.8 Å². The van der Waals surface area contributed by atoms with Crippen LogP contribution in [0.15, 0.2) is 35.4 Å². The third-order valence-corrected chi connectivity index (χ3v) is 4.85. The molecule has 0 atom stereocenters. The van der Waals surface area contributed by atoms with Crippen molar-refractivity contribution in [2.24, 2.45) is 0 Å². The Morgan fingerprint density at radius 3 is 2.29 bits per heavy atom. The van der Waals surface area contributed by atoms with Gasteiger partial charge < -0.3 is 0 Å². The third kappa shape index (κ3) is 4.90. The number of hydrogen-bond donors (Lipinski definition) is 0. The Hall–Kier alpha value is -0.720. The Labute approximate surface area is 138 Å². The second-order valence-electron chi connectivity index (χ2n) is 5.89. The van der Waals surface area contributed by atoms with Crippen LogP contribution in [0.4, 0.5) is 0 Å². The highest BCUT2D eigenvalue weighted by atomic mass is 35.5. The standard InChI is InChI=1S/C19H24Cl2/c1-3-15-7-4-5-8-16(10-6-9-15)13-17-18(20)11-14(2)12-19(17)21/h8-9,11-12H,3-7,10,13H2,1-2H3. The zero-order valence-electron chi connectivity index (χ0n) is 13.0. The molecule has 1 aliphatic rings. The van der Waals surface area contributed by atoms with E-state index >= 15 is 0 Å². The van der Waals surface area contributed by atoms with Gasteiger partial charge in [-0.3, -0.25) is 0 Å². The van der Waals surface area contributed by atoms with Crippen LogP contribution in [0, 0.1) is 6.92 Å². The SMILES string of the molecule is CCC1=CCCC(Cc2c(Cl)cc(C)cc2Cl)=CCCC1. The van der Waals surface area contributed by atoms with E-state index in [1.54, 1.807) is 5.57 Å². The third-order valence-electron chi connectivity index (χ3n) is 4.18. The van der Waals surface area contributed by atoms with E-state index in [-0.39, 0.29) is 0 Å². The van der Waals surface area contributed by atoms with Gasteiger partial charge in [0.2, 0.25) is 0 Å². The maximum atomic E-state index is 6.38. The van der Waals surface area contributed by atoms with Crippen LogP contribution in [-0.4, -0.2) is 0 Å². The van der Waals surface area contributed by atoms with Crippen LogP contribution in [0.5, 0.6) is 0 Å². The largest absolute Gasteiger partial charge is 0.0850 e. The molecule has 0 saturated heterocycles. The molecule has 0 aromatic heterocycles. The maximum absolute atomic E-state index is 6.38. The molecule has 0 radical (unpaired) electrons. The van der Waals surface area contributed by atoms with Crippen LogP contribution in [0.25, 0.3) is 0 Å². The summed E-state index contributed by atoms with van der Waals surface area (Å²) in [5.41, 5.74) is 5.27. The second kappa shape index (κ2) is 8.06. The molecule has 1 aromatic rings. The molecule has 21 heavy (non-hydrogen) atoms. The Bertz CT molecular complexity index is 530. The molecule has 0 nitrogen and oxygen atoms in total. The van der Waals surface area contributed by atoms with Crippen molar-refractivity contribution in [3.05, 3.63) is 56.6 Å². The number of rotatable bonds is 3. The van der Waals surface area contributed by atoms with Gasteiger partial charge in [0, 0.05) is 10.0 Å². The van der Waals surface area contributed by atoms with Gasteiger partial charge in [-0.25, -0.2) is 0 Å². The summed E-state index contributed by atoms with van der Waals surface area (Å²) >= 11 is 12.8. The first-order valence-electron chi connectivity index (χ1n) is 7.90. The van der Waals surface area contributed by atoms with Gasteiger partial charge in [-0.15, -0.1) is 0 Å². The first-order chi connectivity index (χ1) is 10.1. The van der Waals surface area contributed by atoms with E-state index in [1.165, 1.54) is 24.8 Å². The molecule has 114 valence electrons. The molecule has 0 fully saturated rings. The summed E-state index contributed by atoms with van der Waals surface area (Å²) in [5, 5.41) is 1.59. The number of halogens is 2. The Morgan fingerprint density at radius 1 is 0.952 bits per heavy atom. The molecule has 2 rings (SSSR count). The molecular formula is C19H24Cl2. The molecule has 0 amide bonds. The molecule has 0 saturated carbocycles. The van der Waals surface area contributed by atoms with Crippen LogP contribution >= 0.6 is 23.2 Å². The van der Waals surface area contributed by atoms with Crippen molar-refractivity contribution in [3.63, 3.8) is 0 Å². The van der Waals surface area contributed by atoms with Crippen LogP contribution in [0.2, 0.25) is 10.0 Å². The Morgan fingerprint density at radius 2 is 1.62 bits per heavy atom. The van der Waals surface area contributed by atoms with E-state index in [1.807, 2.05) is 19.1 Å². The number of allylic oxidation sites excluding steroid dienone is 4. The van der Waals surface area contributed by atoms with E-state index in [9.17, 15) is 0 Å². The van der Waals surface area contributed by atoms with Crippen molar-refractivity contribution < 1.29 is 0 Å². The zero-order chi connectivity index (χ0) is 15.2. The lowest BCUT2D eigenvalue weighted by Crippen LogP contribution is -1.95. The fraction of sp³-hybridized carbons (Fsp3) is 0.474. The summed E-state index contributed by atoms with van der Waals surface area (Å²) in [6.45, 7) is 4.28. The van der Waals surface area contributed by atoms with Crippen LogP contribution in [0.1, 0.15) is 56.6 Å². The highest BCUT2D eigenvalue weighted by Gasteiger charge is 2.10. The summed E-state index contributed by atoms with van der Waals surface area (Å²) < 4.78 is 0. The van der Waals surface area contributed by atoms with Gasteiger partial charge >= 0.3 is 0 Å². The number of benzene rings is 1. The molecule has 0 aliphatic heterocycles. The molecule has 0 bridgehead atoms. The summed E-state index contributed by atoms with van der Waals surface area (Å²) in [5.74, 6) is 0. The molecule has 2 heteroatoms. The fourth-order valence-corrected chi connectivity index (χ4v) is 3.64. The van der Waals surface area contributed by atoms with Gasteiger partial charge in [0.1, 0.15) is 0 Å². The smallest absolute Gasteiger partial charge is 0.0458 e. The predicted octanol–water partition coefficient (Wildman–Crippen LogP) is 7.07. The first kappa shape index (κ1) is 16.6. The van der Waals surface area contributed by atoms with Gasteiger partial charge in [-0.1, -0.05) is 53.4 Å². The molecule has 0 spiro atoms. The van der Waals surface area contributed by atoms with Gasteiger partial charge in [-0.05, 0) is 75.1 Å². The summed E-state index contributed by atoms with van der Waals surface area (Å²) in [7, 11) is 0. The average Bonchev–Trinajstić information content (AvgIpc) is 2.54. The number of aryl methyl sites for hydroxylation is 1. The lowest BCUT2D eigenvalue weighted by atomic mass is 9.99. The van der Waals surface area contributed by atoms with Gasteiger partial charge in [-0.2, -0.15) is 0 Å². The fourth-order valence-electron chi connectivity index (χ4n) is 2.91. The van der Waals surface area contributed by atoms with Gasteiger partial charge in [0.25, 0.3) is 0 Å². The van der Waals surface area contributed by atoms with Crippen molar-refractivity contribution in [3.8, 4) is 0 Å². The van der Waals surface area contributed by atoms with E-state index < -0.39 is 0 Å². The van der Waals surface area contributed by atoms with Crippen LogP contribution in [0.3, 0.4) is 0 Å². The zero-order valence-corrected chi connectivity index (χ0v) is 14.5. The molecule has 0 heterocycles. The molecule has 1 aliphatic carbocycles. The maximum Gasteiger partial charge on any atom is 0.0458 e.